The average molecular weight is 398 g/mol. The van der Waals surface area contributed by atoms with Crippen molar-refractivity contribution < 1.29 is 26.3 Å². The second kappa shape index (κ2) is 7.35. The molecule has 3 aromatic carbocycles. The number of benzene rings is 3. The topological polar surface area (TPSA) is 0 Å². The van der Waals surface area contributed by atoms with E-state index in [9.17, 15) is 26.3 Å². The summed E-state index contributed by atoms with van der Waals surface area (Å²) in [7, 11) is -1.57. The first-order valence-corrected chi connectivity index (χ1v) is 9.20. The van der Waals surface area contributed by atoms with Gasteiger partial charge < -0.3 is 0 Å². The van der Waals surface area contributed by atoms with Gasteiger partial charge in [0.25, 0.3) is 0 Å². The number of rotatable bonds is 3. The van der Waals surface area contributed by atoms with Crippen LogP contribution in [0.2, 0.25) is 0 Å². The molecule has 7 heteroatoms. The first kappa shape index (κ1) is 19.4. The van der Waals surface area contributed by atoms with Crippen LogP contribution in [0.5, 0.6) is 0 Å². The minimum Gasteiger partial charge on any atom is -0.166 e. The molecule has 0 heterocycles. The van der Waals surface area contributed by atoms with Crippen molar-refractivity contribution in [2.75, 3.05) is 0 Å². The SMILES string of the molecule is FC(F)(F)c1cc(P(c2ccccc2)c2ccccc2)cc(C(F)(F)F)c1. The maximum atomic E-state index is 13.2. The molecule has 0 amide bonds. The van der Waals surface area contributed by atoms with Crippen LogP contribution < -0.4 is 15.9 Å². The van der Waals surface area contributed by atoms with Crippen LogP contribution in [-0.4, -0.2) is 0 Å². The molecule has 0 fully saturated rings. The van der Waals surface area contributed by atoms with E-state index in [0.29, 0.717) is 10.6 Å². The Morgan fingerprint density at radius 1 is 0.481 bits per heavy atom. The fourth-order valence-electron chi connectivity index (χ4n) is 2.67. The van der Waals surface area contributed by atoms with Crippen molar-refractivity contribution in [3.8, 4) is 0 Å². The van der Waals surface area contributed by atoms with Crippen molar-refractivity contribution in [1.82, 2.24) is 0 Å². The van der Waals surface area contributed by atoms with Crippen LogP contribution in [-0.2, 0) is 12.4 Å². The smallest absolute Gasteiger partial charge is 0.166 e. The van der Waals surface area contributed by atoms with E-state index >= 15 is 0 Å². The van der Waals surface area contributed by atoms with E-state index in [4.69, 9.17) is 0 Å². The zero-order chi connectivity index (χ0) is 19.7. The molecule has 0 saturated heterocycles. The van der Waals surface area contributed by atoms with Crippen LogP contribution in [0.3, 0.4) is 0 Å². The average Bonchev–Trinajstić information content (AvgIpc) is 2.62. The van der Waals surface area contributed by atoms with Crippen molar-refractivity contribution in [1.29, 1.82) is 0 Å². The third kappa shape index (κ3) is 4.51. The maximum Gasteiger partial charge on any atom is 0.416 e. The minimum atomic E-state index is -4.87. The molecule has 0 radical (unpaired) electrons. The Hall–Kier alpha value is -2.33. The van der Waals surface area contributed by atoms with Crippen molar-refractivity contribution in [2.24, 2.45) is 0 Å². The number of alkyl halides is 6. The van der Waals surface area contributed by atoms with Crippen LogP contribution >= 0.6 is 7.92 Å². The summed E-state index contributed by atoms with van der Waals surface area (Å²) in [6, 6.07) is 19.0. The van der Waals surface area contributed by atoms with E-state index in [-0.39, 0.29) is 11.4 Å². The standard InChI is InChI=1S/C20H13F6P/c21-19(22,23)14-11-15(20(24,25)26)13-18(12-14)27(16-7-3-1-4-8-16)17-9-5-2-6-10-17/h1-13H. The quantitative estimate of drug-likeness (QED) is 0.405. The molecule has 27 heavy (non-hydrogen) atoms. The molecular weight excluding hydrogens is 385 g/mol. The zero-order valence-corrected chi connectivity index (χ0v) is 14.6. The first-order chi connectivity index (χ1) is 12.7. The largest absolute Gasteiger partial charge is 0.416 e. The van der Waals surface area contributed by atoms with Gasteiger partial charge in [-0.1, -0.05) is 60.7 Å². The van der Waals surface area contributed by atoms with Crippen LogP contribution in [0, 0.1) is 0 Å². The Labute approximate surface area is 153 Å². The second-order valence-corrected chi connectivity index (χ2v) is 7.99. The Bertz CT molecular complexity index is 830. The summed E-state index contributed by atoms with van der Waals surface area (Å²) in [5.41, 5.74) is -2.60. The normalized spacial score (nSPS) is 12.4. The van der Waals surface area contributed by atoms with Crippen molar-refractivity contribution >= 4 is 23.8 Å². The predicted molar refractivity (Wildman–Crippen MR) is 95.2 cm³/mol. The number of hydrogen-bond acceptors (Lipinski definition) is 0. The van der Waals surface area contributed by atoms with Crippen molar-refractivity contribution in [3.05, 3.63) is 90.0 Å². The first-order valence-electron chi connectivity index (χ1n) is 7.86. The van der Waals surface area contributed by atoms with Crippen molar-refractivity contribution in [2.45, 2.75) is 12.4 Å². The van der Waals surface area contributed by atoms with Gasteiger partial charge in [-0.25, -0.2) is 0 Å². The lowest BCUT2D eigenvalue weighted by Crippen LogP contribution is -2.24. The predicted octanol–water partition coefficient (Wildman–Crippen LogP) is 5.48. The summed E-state index contributed by atoms with van der Waals surface area (Å²) in [5.74, 6) is 0. The lowest BCUT2D eigenvalue weighted by molar-refractivity contribution is -0.142. The summed E-state index contributed by atoms with van der Waals surface area (Å²) >= 11 is 0. The molecule has 0 saturated carbocycles. The highest BCUT2D eigenvalue weighted by Crippen LogP contribution is 2.39. The van der Waals surface area contributed by atoms with Gasteiger partial charge in [0, 0.05) is 0 Å². The highest BCUT2D eigenvalue weighted by atomic mass is 31.1. The Morgan fingerprint density at radius 2 is 0.852 bits per heavy atom. The van der Waals surface area contributed by atoms with E-state index in [1.807, 2.05) is 0 Å². The van der Waals surface area contributed by atoms with Gasteiger partial charge in [-0.05, 0) is 42.0 Å². The highest BCUT2D eigenvalue weighted by molar-refractivity contribution is 7.79. The molecule has 0 aliphatic rings. The van der Waals surface area contributed by atoms with Gasteiger partial charge in [0.05, 0.1) is 11.1 Å². The van der Waals surface area contributed by atoms with Crippen LogP contribution in [0.25, 0.3) is 0 Å². The summed E-state index contributed by atoms with van der Waals surface area (Å²) in [6.07, 6.45) is -9.74. The lowest BCUT2D eigenvalue weighted by Gasteiger charge is -2.22. The lowest BCUT2D eigenvalue weighted by atomic mass is 10.1. The molecule has 0 spiro atoms. The van der Waals surface area contributed by atoms with Crippen LogP contribution in [0.15, 0.2) is 78.9 Å². The van der Waals surface area contributed by atoms with E-state index in [0.717, 1.165) is 12.1 Å². The van der Waals surface area contributed by atoms with Crippen LogP contribution in [0.1, 0.15) is 11.1 Å². The molecule has 3 rings (SSSR count). The van der Waals surface area contributed by atoms with Gasteiger partial charge in [-0.2, -0.15) is 26.3 Å². The van der Waals surface area contributed by atoms with Gasteiger partial charge in [0.1, 0.15) is 0 Å². The fraction of sp³-hybridized carbons (Fsp3) is 0.100. The third-order valence-electron chi connectivity index (χ3n) is 3.86. The van der Waals surface area contributed by atoms with Crippen LogP contribution in [0.4, 0.5) is 26.3 Å². The minimum absolute atomic E-state index is 0.00421. The molecule has 3 aromatic rings. The maximum absolute atomic E-state index is 13.2. The molecule has 0 aromatic heterocycles. The Morgan fingerprint density at radius 3 is 1.19 bits per heavy atom. The van der Waals surface area contributed by atoms with E-state index in [1.165, 1.54) is 0 Å². The molecule has 0 bridgehead atoms. The summed E-state index contributed by atoms with van der Waals surface area (Å²) < 4.78 is 79.5. The second-order valence-electron chi connectivity index (χ2n) is 5.77. The number of hydrogen-bond donors (Lipinski definition) is 0. The zero-order valence-electron chi connectivity index (χ0n) is 13.7. The summed E-state index contributed by atoms with van der Waals surface area (Å²) in [6.45, 7) is 0. The van der Waals surface area contributed by atoms with Crippen molar-refractivity contribution in [3.63, 3.8) is 0 Å². The van der Waals surface area contributed by atoms with E-state index < -0.39 is 31.4 Å². The fourth-order valence-corrected chi connectivity index (χ4v) is 5.04. The molecule has 140 valence electrons. The monoisotopic (exact) mass is 398 g/mol. The molecule has 0 nitrogen and oxygen atoms in total. The van der Waals surface area contributed by atoms with E-state index in [2.05, 4.69) is 0 Å². The van der Waals surface area contributed by atoms with Gasteiger partial charge in [0.2, 0.25) is 0 Å². The number of halogens is 6. The van der Waals surface area contributed by atoms with Gasteiger partial charge in [0.15, 0.2) is 0 Å². The third-order valence-corrected chi connectivity index (χ3v) is 6.26. The van der Waals surface area contributed by atoms with Gasteiger partial charge >= 0.3 is 12.4 Å². The molecule has 0 aliphatic heterocycles. The summed E-state index contributed by atoms with van der Waals surface area (Å²) in [5, 5.41) is 1.35. The molecule has 0 atom stereocenters. The molecule has 0 unspecified atom stereocenters. The molecule has 0 aliphatic carbocycles. The highest BCUT2D eigenvalue weighted by Gasteiger charge is 2.37. The van der Waals surface area contributed by atoms with E-state index in [1.54, 1.807) is 60.7 Å². The Balaban J connectivity index is 2.26. The Kier molecular flexibility index (Phi) is 5.29. The van der Waals surface area contributed by atoms with Gasteiger partial charge in [-0.3, -0.25) is 0 Å². The molecular formula is C20H13F6P. The summed E-state index contributed by atoms with van der Waals surface area (Å²) in [4.78, 5) is 0. The molecule has 0 N–H and O–H groups in total. The van der Waals surface area contributed by atoms with Gasteiger partial charge in [-0.15, -0.1) is 0 Å².